The van der Waals surface area contributed by atoms with Crippen molar-refractivity contribution in [3.8, 4) is 5.75 Å². The van der Waals surface area contributed by atoms with Crippen LogP contribution < -0.4 is 21.5 Å². The van der Waals surface area contributed by atoms with Crippen molar-refractivity contribution >= 4 is 17.9 Å². The average Bonchev–Trinajstić information content (AvgIpc) is 2.60. The second-order valence-electron chi connectivity index (χ2n) is 8.36. The summed E-state index contributed by atoms with van der Waals surface area (Å²) in [6.45, 7) is 10.7. The van der Waals surface area contributed by atoms with E-state index >= 15 is 0 Å². The normalized spacial score (nSPS) is 11.2. The highest BCUT2D eigenvalue weighted by Gasteiger charge is 2.15. The topological polar surface area (TPSA) is 125 Å². The Kier molecular flexibility index (Phi) is 7.86. The molecule has 1 aromatic heterocycles. The van der Waals surface area contributed by atoms with E-state index < -0.39 is 11.7 Å². The van der Waals surface area contributed by atoms with E-state index in [2.05, 4.69) is 27.4 Å². The Bertz CT molecular complexity index is 855. The van der Waals surface area contributed by atoms with Crippen molar-refractivity contribution in [3.63, 3.8) is 0 Å². The van der Waals surface area contributed by atoms with Gasteiger partial charge in [-0.1, -0.05) is 12.1 Å². The van der Waals surface area contributed by atoms with Gasteiger partial charge in [0.15, 0.2) is 0 Å². The maximum absolute atomic E-state index is 11.6. The summed E-state index contributed by atoms with van der Waals surface area (Å²) < 4.78 is 11.2. The fraction of sp³-hybridized carbons (Fsp3) is 0.500. The van der Waals surface area contributed by atoms with Crippen molar-refractivity contribution in [1.29, 1.82) is 0 Å². The van der Waals surface area contributed by atoms with Crippen LogP contribution in [0.1, 0.15) is 55.9 Å². The summed E-state index contributed by atoms with van der Waals surface area (Å²) in [7, 11) is 0. The van der Waals surface area contributed by atoms with Crippen LogP contribution >= 0.6 is 0 Å². The molecule has 0 saturated heterocycles. The number of aromatic nitrogens is 2. The minimum absolute atomic E-state index is 0.175. The molecule has 0 bridgehead atoms. The maximum Gasteiger partial charge on any atom is 0.407 e. The first kappa shape index (κ1) is 23.3. The van der Waals surface area contributed by atoms with E-state index in [-0.39, 0.29) is 5.95 Å². The first-order chi connectivity index (χ1) is 14.0. The van der Waals surface area contributed by atoms with E-state index in [0.717, 1.165) is 40.8 Å². The molecule has 1 heterocycles. The van der Waals surface area contributed by atoms with Gasteiger partial charge >= 0.3 is 6.09 Å². The molecule has 2 rings (SSSR count). The molecule has 0 radical (unpaired) electrons. The molecule has 8 heteroatoms. The van der Waals surface area contributed by atoms with E-state index in [1.165, 1.54) is 0 Å². The van der Waals surface area contributed by atoms with Crippen molar-refractivity contribution in [2.24, 2.45) is 0 Å². The average molecular weight is 416 g/mol. The summed E-state index contributed by atoms with van der Waals surface area (Å²) in [5.74, 6) is 1.46. The molecular formula is C22H33N5O3. The van der Waals surface area contributed by atoms with Crippen LogP contribution in [0.2, 0.25) is 0 Å². The van der Waals surface area contributed by atoms with Gasteiger partial charge in [-0.2, -0.15) is 4.98 Å². The number of rotatable bonds is 8. The molecule has 0 fully saturated rings. The number of nitrogen functional groups attached to an aromatic ring is 2. The van der Waals surface area contributed by atoms with Crippen LogP contribution in [0.15, 0.2) is 18.3 Å². The van der Waals surface area contributed by atoms with Gasteiger partial charge in [0.25, 0.3) is 0 Å². The Labute approximate surface area is 178 Å². The Morgan fingerprint density at radius 2 is 1.80 bits per heavy atom. The van der Waals surface area contributed by atoms with Crippen LogP contribution in [-0.2, 0) is 11.2 Å². The number of carbonyl (C=O) groups is 1. The highest BCUT2D eigenvalue weighted by Crippen LogP contribution is 2.27. The molecule has 0 saturated carbocycles. The second-order valence-corrected chi connectivity index (χ2v) is 8.36. The predicted octanol–water partition coefficient (Wildman–Crippen LogP) is 3.53. The Hall–Kier alpha value is -3.03. The van der Waals surface area contributed by atoms with Crippen LogP contribution in [0.25, 0.3) is 0 Å². The van der Waals surface area contributed by atoms with Gasteiger partial charge in [-0.15, -0.1) is 0 Å². The molecule has 164 valence electrons. The lowest BCUT2D eigenvalue weighted by molar-refractivity contribution is 0.0526. The summed E-state index contributed by atoms with van der Waals surface area (Å²) in [4.78, 5) is 19.6. The van der Waals surface area contributed by atoms with Crippen LogP contribution in [0.3, 0.4) is 0 Å². The molecule has 0 aliphatic rings. The molecule has 5 N–H and O–H groups in total. The van der Waals surface area contributed by atoms with E-state index in [1.807, 2.05) is 34.6 Å². The van der Waals surface area contributed by atoms with Gasteiger partial charge in [0.2, 0.25) is 5.95 Å². The van der Waals surface area contributed by atoms with Gasteiger partial charge in [0, 0.05) is 24.7 Å². The quantitative estimate of drug-likeness (QED) is 0.563. The summed E-state index contributed by atoms with van der Waals surface area (Å²) >= 11 is 0. The van der Waals surface area contributed by atoms with Crippen molar-refractivity contribution in [1.82, 2.24) is 15.3 Å². The van der Waals surface area contributed by atoms with E-state index in [0.29, 0.717) is 25.4 Å². The molecule has 1 amide bonds. The molecular weight excluding hydrogens is 382 g/mol. The van der Waals surface area contributed by atoms with Gasteiger partial charge < -0.3 is 26.3 Å². The zero-order valence-corrected chi connectivity index (χ0v) is 18.5. The second kappa shape index (κ2) is 10.1. The van der Waals surface area contributed by atoms with Crippen LogP contribution in [0, 0.1) is 13.8 Å². The number of carbonyl (C=O) groups excluding carboxylic acids is 1. The lowest BCUT2D eigenvalue weighted by atomic mass is 10.0. The number of hydrogen-bond donors (Lipinski definition) is 3. The number of alkyl carbamates (subject to hydrolysis) is 1. The SMILES string of the molecule is Cc1cc(Cc2cnc(N)nc2N)cc(C)c1OCCCCNC(=O)OC(C)(C)C. The molecule has 2 aromatic rings. The highest BCUT2D eigenvalue weighted by molar-refractivity contribution is 5.67. The van der Waals surface area contributed by atoms with Gasteiger partial charge in [-0.3, -0.25) is 0 Å². The molecule has 0 atom stereocenters. The monoisotopic (exact) mass is 415 g/mol. The first-order valence-corrected chi connectivity index (χ1v) is 10.1. The summed E-state index contributed by atoms with van der Waals surface area (Å²) in [6, 6.07) is 4.17. The lowest BCUT2D eigenvalue weighted by Crippen LogP contribution is -2.33. The number of nitrogens with two attached hydrogens (primary N) is 2. The highest BCUT2D eigenvalue weighted by atomic mass is 16.6. The maximum atomic E-state index is 11.6. The lowest BCUT2D eigenvalue weighted by Gasteiger charge is -2.19. The smallest absolute Gasteiger partial charge is 0.407 e. The minimum Gasteiger partial charge on any atom is -0.493 e. The number of nitrogens with zero attached hydrogens (tertiary/aromatic N) is 2. The van der Waals surface area contributed by atoms with Crippen LogP contribution in [0.4, 0.5) is 16.6 Å². The third-order valence-electron chi connectivity index (χ3n) is 4.32. The minimum atomic E-state index is -0.485. The first-order valence-electron chi connectivity index (χ1n) is 10.1. The van der Waals surface area contributed by atoms with Crippen molar-refractivity contribution in [2.45, 2.75) is 59.5 Å². The van der Waals surface area contributed by atoms with Gasteiger partial charge in [0.05, 0.1) is 6.61 Å². The number of unbranched alkanes of at least 4 members (excludes halogenated alkanes) is 1. The fourth-order valence-electron chi connectivity index (χ4n) is 3.07. The number of nitrogens with one attached hydrogen (secondary N) is 1. The van der Waals surface area contributed by atoms with E-state index in [9.17, 15) is 4.79 Å². The molecule has 0 aliphatic carbocycles. The van der Waals surface area contributed by atoms with Gasteiger partial charge in [0.1, 0.15) is 17.2 Å². The van der Waals surface area contributed by atoms with Crippen molar-refractivity contribution in [3.05, 3.63) is 40.6 Å². The standard InChI is InChI=1S/C22H33N5O3/c1-14-10-16(12-17-13-26-20(24)27-19(17)23)11-15(2)18(14)29-9-7-6-8-25-21(28)30-22(3,4)5/h10-11,13H,6-9,12H2,1-5H3,(H,25,28)(H4,23,24,26,27). The van der Waals surface area contributed by atoms with Gasteiger partial charge in [-0.05, 0) is 64.2 Å². The van der Waals surface area contributed by atoms with Crippen LogP contribution in [-0.4, -0.2) is 34.8 Å². The third-order valence-corrected chi connectivity index (χ3v) is 4.32. The van der Waals surface area contributed by atoms with Crippen LogP contribution in [0.5, 0.6) is 5.75 Å². The zero-order chi connectivity index (χ0) is 22.3. The Balaban J connectivity index is 1.82. The van der Waals surface area contributed by atoms with E-state index in [4.69, 9.17) is 20.9 Å². The van der Waals surface area contributed by atoms with Crippen molar-refractivity contribution in [2.75, 3.05) is 24.6 Å². The third kappa shape index (κ3) is 7.42. The number of benzene rings is 1. The molecule has 0 spiro atoms. The van der Waals surface area contributed by atoms with Crippen molar-refractivity contribution < 1.29 is 14.3 Å². The zero-order valence-electron chi connectivity index (χ0n) is 18.5. The molecule has 8 nitrogen and oxygen atoms in total. The number of anilines is 2. The van der Waals surface area contributed by atoms with Gasteiger partial charge in [-0.25, -0.2) is 9.78 Å². The fourth-order valence-corrected chi connectivity index (χ4v) is 3.07. The number of aryl methyl sites for hydroxylation is 2. The predicted molar refractivity (Wildman–Crippen MR) is 119 cm³/mol. The Morgan fingerprint density at radius 1 is 1.13 bits per heavy atom. The number of hydrogen-bond acceptors (Lipinski definition) is 7. The summed E-state index contributed by atoms with van der Waals surface area (Å²) in [6.07, 6.45) is 3.54. The largest absolute Gasteiger partial charge is 0.493 e. The van der Waals surface area contributed by atoms with E-state index in [1.54, 1.807) is 6.20 Å². The summed E-state index contributed by atoms with van der Waals surface area (Å²) in [5, 5.41) is 2.75. The molecule has 0 aliphatic heterocycles. The molecule has 0 unspecified atom stereocenters. The Morgan fingerprint density at radius 3 is 2.40 bits per heavy atom. The number of ether oxygens (including phenoxy) is 2. The molecule has 1 aromatic carbocycles. The molecule has 30 heavy (non-hydrogen) atoms. The number of amides is 1. The summed E-state index contributed by atoms with van der Waals surface area (Å²) in [5.41, 5.74) is 15.1.